The van der Waals surface area contributed by atoms with Crippen LogP contribution in [0.1, 0.15) is 45.4 Å². The van der Waals surface area contributed by atoms with Gasteiger partial charge in [-0.15, -0.1) is 11.3 Å². The molecule has 1 aliphatic rings. The summed E-state index contributed by atoms with van der Waals surface area (Å²) < 4.78 is 7.73. The van der Waals surface area contributed by atoms with E-state index in [9.17, 15) is 4.79 Å². The second kappa shape index (κ2) is 6.22. The van der Waals surface area contributed by atoms with E-state index in [-0.39, 0.29) is 18.1 Å². The Morgan fingerprint density at radius 1 is 1.59 bits per heavy atom. The molecule has 0 bridgehead atoms. The maximum absolute atomic E-state index is 12.5. The summed E-state index contributed by atoms with van der Waals surface area (Å²) in [6, 6.07) is 1.95. The fraction of sp³-hybridized carbons (Fsp3) is 0.500. The number of carbonyl (C=O) groups is 1. The SMILES string of the molecule is CCc1sc(C(=O)N[C@H]2CCO[C@@H]2c2nccn2C)cc1C. The van der Waals surface area contributed by atoms with Crippen molar-refractivity contribution in [3.8, 4) is 0 Å². The predicted molar refractivity (Wildman–Crippen MR) is 86.2 cm³/mol. The first kappa shape index (κ1) is 15.2. The van der Waals surface area contributed by atoms with E-state index < -0.39 is 0 Å². The molecule has 2 aromatic rings. The van der Waals surface area contributed by atoms with Crippen molar-refractivity contribution in [3.05, 3.63) is 39.6 Å². The van der Waals surface area contributed by atoms with E-state index in [2.05, 4.69) is 24.1 Å². The molecule has 1 amide bonds. The van der Waals surface area contributed by atoms with Crippen molar-refractivity contribution in [2.75, 3.05) is 6.61 Å². The molecule has 1 aliphatic heterocycles. The predicted octanol–water partition coefficient (Wildman–Crippen LogP) is 2.61. The van der Waals surface area contributed by atoms with Gasteiger partial charge in [0, 0.05) is 30.9 Å². The number of nitrogens with one attached hydrogen (secondary N) is 1. The Morgan fingerprint density at radius 2 is 2.41 bits per heavy atom. The molecule has 0 spiro atoms. The van der Waals surface area contributed by atoms with Crippen LogP contribution < -0.4 is 5.32 Å². The molecule has 0 radical (unpaired) electrons. The zero-order valence-electron chi connectivity index (χ0n) is 13.1. The van der Waals surface area contributed by atoms with Crippen molar-refractivity contribution in [3.63, 3.8) is 0 Å². The molecule has 0 saturated carbocycles. The number of hydrogen-bond acceptors (Lipinski definition) is 4. The Bertz CT molecular complexity index is 677. The van der Waals surface area contributed by atoms with Crippen LogP contribution in [0.15, 0.2) is 18.5 Å². The highest BCUT2D eigenvalue weighted by Gasteiger charge is 2.33. The summed E-state index contributed by atoms with van der Waals surface area (Å²) in [7, 11) is 1.94. The van der Waals surface area contributed by atoms with Crippen molar-refractivity contribution in [2.24, 2.45) is 7.05 Å². The fourth-order valence-corrected chi connectivity index (χ4v) is 3.88. The molecule has 0 aliphatic carbocycles. The number of amides is 1. The molecular weight excluding hydrogens is 298 g/mol. The quantitative estimate of drug-likeness (QED) is 0.942. The Hall–Kier alpha value is -1.66. The first-order valence-electron chi connectivity index (χ1n) is 7.59. The van der Waals surface area contributed by atoms with E-state index in [1.54, 1.807) is 17.5 Å². The highest BCUT2D eigenvalue weighted by molar-refractivity contribution is 7.14. The monoisotopic (exact) mass is 319 g/mol. The van der Waals surface area contributed by atoms with Crippen molar-refractivity contribution < 1.29 is 9.53 Å². The van der Waals surface area contributed by atoms with Gasteiger partial charge in [-0.1, -0.05) is 6.92 Å². The van der Waals surface area contributed by atoms with Crippen LogP contribution >= 0.6 is 11.3 Å². The molecule has 118 valence electrons. The van der Waals surface area contributed by atoms with E-state index >= 15 is 0 Å². The van der Waals surface area contributed by atoms with E-state index in [0.29, 0.717) is 6.61 Å². The normalized spacial score (nSPS) is 21.2. The van der Waals surface area contributed by atoms with Crippen LogP contribution in [0.5, 0.6) is 0 Å². The molecule has 3 rings (SSSR count). The average Bonchev–Trinajstić information content (AvgIpc) is 3.19. The minimum atomic E-state index is -0.171. The van der Waals surface area contributed by atoms with Gasteiger partial charge in [0.15, 0.2) is 0 Å². The number of ether oxygens (including phenoxy) is 1. The van der Waals surface area contributed by atoms with Crippen molar-refractivity contribution in [1.82, 2.24) is 14.9 Å². The van der Waals surface area contributed by atoms with E-state index in [1.165, 1.54) is 10.4 Å². The summed E-state index contributed by atoms with van der Waals surface area (Å²) in [6.45, 7) is 4.82. The molecular formula is C16H21N3O2S. The topological polar surface area (TPSA) is 56.1 Å². The van der Waals surface area contributed by atoms with Crippen LogP contribution in [0, 0.1) is 6.92 Å². The van der Waals surface area contributed by atoms with Gasteiger partial charge in [-0.3, -0.25) is 4.79 Å². The van der Waals surface area contributed by atoms with Crippen LogP contribution in [-0.4, -0.2) is 28.1 Å². The highest BCUT2D eigenvalue weighted by Crippen LogP contribution is 2.29. The van der Waals surface area contributed by atoms with Crippen LogP contribution in [-0.2, 0) is 18.2 Å². The molecule has 1 N–H and O–H groups in total. The summed E-state index contributed by atoms with van der Waals surface area (Å²) in [5.74, 6) is 0.849. The molecule has 3 heterocycles. The summed E-state index contributed by atoms with van der Waals surface area (Å²) in [6.07, 6.45) is 5.26. The van der Waals surface area contributed by atoms with Gasteiger partial charge in [-0.2, -0.15) is 0 Å². The lowest BCUT2D eigenvalue weighted by Crippen LogP contribution is -2.37. The molecule has 22 heavy (non-hydrogen) atoms. The maximum Gasteiger partial charge on any atom is 0.261 e. The lowest BCUT2D eigenvalue weighted by Gasteiger charge is -2.19. The first-order valence-corrected chi connectivity index (χ1v) is 8.40. The zero-order chi connectivity index (χ0) is 15.7. The van der Waals surface area contributed by atoms with Crippen LogP contribution in [0.25, 0.3) is 0 Å². The minimum absolute atomic E-state index is 0.0116. The summed E-state index contributed by atoms with van der Waals surface area (Å²) in [4.78, 5) is 18.9. The molecule has 0 unspecified atom stereocenters. The number of rotatable bonds is 4. The molecule has 2 aromatic heterocycles. The van der Waals surface area contributed by atoms with Crippen LogP contribution in [0.2, 0.25) is 0 Å². The van der Waals surface area contributed by atoms with Gasteiger partial charge >= 0.3 is 0 Å². The molecule has 1 saturated heterocycles. The van der Waals surface area contributed by atoms with Gasteiger partial charge in [-0.05, 0) is 31.4 Å². The molecule has 1 fully saturated rings. The number of nitrogens with zero attached hydrogens (tertiary/aromatic N) is 2. The van der Waals surface area contributed by atoms with Gasteiger partial charge in [0.25, 0.3) is 5.91 Å². The minimum Gasteiger partial charge on any atom is -0.368 e. The molecule has 5 nitrogen and oxygen atoms in total. The third kappa shape index (κ3) is 2.80. The molecule has 2 atom stereocenters. The van der Waals surface area contributed by atoms with Crippen molar-refractivity contribution in [2.45, 2.75) is 38.8 Å². The number of aryl methyl sites for hydroxylation is 3. The smallest absolute Gasteiger partial charge is 0.261 e. The molecule has 6 heteroatoms. The summed E-state index contributed by atoms with van der Waals surface area (Å²) in [5, 5.41) is 3.12. The zero-order valence-corrected chi connectivity index (χ0v) is 13.9. The van der Waals surface area contributed by atoms with Gasteiger partial charge in [-0.25, -0.2) is 4.98 Å². The number of carbonyl (C=O) groups excluding carboxylic acids is 1. The molecule has 0 aromatic carbocycles. The Morgan fingerprint density at radius 3 is 3.05 bits per heavy atom. The van der Waals surface area contributed by atoms with Gasteiger partial charge in [0.2, 0.25) is 0 Å². The van der Waals surface area contributed by atoms with E-state index in [0.717, 1.165) is 23.5 Å². The van der Waals surface area contributed by atoms with Gasteiger partial charge < -0.3 is 14.6 Å². The van der Waals surface area contributed by atoms with Crippen molar-refractivity contribution >= 4 is 17.2 Å². The van der Waals surface area contributed by atoms with Crippen LogP contribution in [0.3, 0.4) is 0 Å². The van der Waals surface area contributed by atoms with Gasteiger partial charge in [0.05, 0.1) is 10.9 Å². The number of aromatic nitrogens is 2. The highest BCUT2D eigenvalue weighted by atomic mass is 32.1. The van der Waals surface area contributed by atoms with Gasteiger partial charge in [0.1, 0.15) is 11.9 Å². The summed E-state index contributed by atoms with van der Waals surface area (Å²) in [5.41, 5.74) is 1.20. The van der Waals surface area contributed by atoms with E-state index in [4.69, 9.17) is 4.74 Å². The largest absolute Gasteiger partial charge is 0.368 e. The number of hydrogen-bond donors (Lipinski definition) is 1. The number of imidazole rings is 1. The standard InChI is InChI=1S/C16H21N3O2S/c1-4-12-10(2)9-13(22-12)16(20)18-11-5-8-21-14(11)15-17-6-7-19(15)3/h6-7,9,11,14H,4-5,8H2,1-3H3,(H,18,20)/t11-,14-/m0/s1. The number of thiophene rings is 1. The third-order valence-electron chi connectivity index (χ3n) is 4.09. The second-order valence-electron chi connectivity index (χ2n) is 5.63. The Balaban J connectivity index is 1.74. The first-order chi connectivity index (χ1) is 10.6. The fourth-order valence-electron chi connectivity index (χ4n) is 2.87. The van der Waals surface area contributed by atoms with Crippen molar-refractivity contribution in [1.29, 1.82) is 0 Å². The second-order valence-corrected chi connectivity index (χ2v) is 6.76. The lowest BCUT2D eigenvalue weighted by molar-refractivity contribution is 0.0781. The third-order valence-corrected chi connectivity index (χ3v) is 5.47. The lowest BCUT2D eigenvalue weighted by atomic mass is 10.1. The Labute approximate surface area is 134 Å². The van der Waals surface area contributed by atoms with Crippen LogP contribution in [0.4, 0.5) is 0 Å². The summed E-state index contributed by atoms with van der Waals surface area (Å²) >= 11 is 1.58. The Kier molecular flexibility index (Phi) is 4.31. The maximum atomic E-state index is 12.5. The van der Waals surface area contributed by atoms with E-state index in [1.807, 2.05) is 23.9 Å². The average molecular weight is 319 g/mol.